The molecule has 5 nitrogen and oxygen atoms in total. The van der Waals surface area contributed by atoms with Crippen LogP contribution in [0.2, 0.25) is 0 Å². The Balaban J connectivity index is 2.99. The quantitative estimate of drug-likeness (QED) is 0.344. The lowest BCUT2D eigenvalue weighted by atomic mass is 10.0. The van der Waals surface area contributed by atoms with Gasteiger partial charge in [0.15, 0.2) is 0 Å². The second kappa shape index (κ2) is 7.79. The maximum absolute atomic E-state index is 11.9. The van der Waals surface area contributed by atoms with Crippen molar-refractivity contribution in [2.24, 2.45) is 0 Å². The third-order valence-corrected chi connectivity index (χ3v) is 3.15. The fourth-order valence-corrected chi connectivity index (χ4v) is 1.84. The standard InChI is InChI=1S/C14H16BrNO4/c1-3-20-14(17)12(8-10(2)16(18)19)9-11-4-6-13(15)7-5-11/h4-7,9-10H,3,8H2,1-2H3/b12-9+/t10-/m0/s1. The van der Waals surface area contributed by atoms with E-state index >= 15 is 0 Å². The van der Waals surface area contributed by atoms with Crippen molar-refractivity contribution in [1.29, 1.82) is 0 Å². The van der Waals surface area contributed by atoms with Gasteiger partial charge in [0.05, 0.1) is 6.61 Å². The molecule has 0 spiro atoms. The zero-order valence-corrected chi connectivity index (χ0v) is 12.9. The van der Waals surface area contributed by atoms with E-state index in [-0.39, 0.29) is 13.0 Å². The summed E-state index contributed by atoms with van der Waals surface area (Å²) >= 11 is 3.32. The van der Waals surface area contributed by atoms with E-state index in [1.165, 1.54) is 6.92 Å². The summed E-state index contributed by atoms with van der Waals surface area (Å²) < 4.78 is 5.86. The summed E-state index contributed by atoms with van der Waals surface area (Å²) in [4.78, 5) is 22.2. The first-order chi connectivity index (χ1) is 9.43. The first-order valence-electron chi connectivity index (χ1n) is 6.20. The SMILES string of the molecule is CCOC(=O)/C(=C/c1ccc(Br)cc1)C[C@H](C)[N+](=O)[O-]. The van der Waals surface area contributed by atoms with Gasteiger partial charge in [-0.3, -0.25) is 10.1 Å². The lowest BCUT2D eigenvalue weighted by Gasteiger charge is -2.08. The predicted octanol–water partition coefficient (Wildman–Crippen LogP) is 3.45. The average Bonchev–Trinajstić information content (AvgIpc) is 2.40. The molecule has 0 aromatic heterocycles. The van der Waals surface area contributed by atoms with Crippen molar-refractivity contribution >= 4 is 28.0 Å². The normalized spacial score (nSPS) is 12.8. The Bertz CT molecular complexity index is 510. The molecular formula is C14H16BrNO4. The smallest absolute Gasteiger partial charge is 0.334 e. The monoisotopic (exact) mass is 341 g/mol. The molecule has 1 rings (SSSR count). The van der Waals surface area contributed by atoms with Crippen LogP contribution in [0.1, 0.15) is 25.8 Å². The third-order valence-electron chi connectivity index (χ3n) is 2.62. The molecule has 0 heterocycles. The molecule has 0 fully saturated rings. The Morgan fingerprint density at radius 2 is 2.05 bits per heavy atom. The van der Waals surface area contributed by atoms with E-state index in [4.69, 9.17) is 4.74 Å². The van der Waals surface area contributed by atoms with Gasteiger partial charge in [0.2, 0.25) is 6.04 Å². The number of ether oxygens (including phenoxy) is 1. The molecule has 1 aromatic carbocycles. The summed E-state index contributed by atoms with van der Waals surface area (Å²) in [5, 5.41) is 10.7. The molecule has 0 amide bonds. The van der Waals surface area contributed by atoms with Crippen LogP contribution in [0.4, 0.5) is 0 Å². The molecule has 0 bridgehead atoms. The second-order valence-corrected chi connectivity index (χ2v) is 5.20. The Kier molecular flexibility index (Phi) is 6.38. The van der Waals surface area contributed by atoms with E-state index in [1.54, 1.807) is 13.0 Å². The largest absolute Gasteiger partial charge is 0.463 e. The molecule has 0 saturated heterocycles. The van der Waals surface area contributed by atoms with E-state index in [1.807, 2.05) is 24.3 Å². The van der Waals surface area contributed by atoms with Gasteiger partial charge in [0.25, 0.3) is 0 Å². The summed E-state index contributed by atoms with van der Waals surface area (Å²) in [7, 11) is 0. The number of hydrogen-bond acceptors (Lipinski definition) is 4. The fraction of sp³-hybridized carbons (Fsp3) is 0.357. The molecule has 0 aliphatic rings. The Morgan fingerprint density at radius 1 is 1.45 bits per heavy atom. The molecule has 1 atom stereocenters. The topological polar surface area (TPSA) is 69.4 Å². The van der Waals surface area contributed by atoms with Gasteiger partial charge in [0, 0.05) is 28.3 Å². The number of nitro groups is 1. The molecular weight excluding hydrogens is 326 g/mol. The van der Waals surface area contributed by atoms with Crippen molar-refractivity contribution in [2.75, 3.05) is 6.61 Å². The Hall–Kier alpha value is -1.69. The van der Waals surface area contributed by atoms with Crippen LogP contribution in [-0.2, 0) is 9.53 Å². The molecule has 0 N–H and O–H groups in total. The average molecular weight is 342 g/mol. The van der Waals surface area contributed by atoms with Crippen molar-refractivity contribution in [3.05, 3.63) is 50.0 Å². The molecule has 0 unspecified atom stereocenters. The van der Waals surface area contributed by atoms with Crippen LogP contribution >= 0.6 is 15.9 Å². The summed E-state index contributed by atoms with van der Waals surface area (Å²) in [6, 6.07) is 6.48. The van der Waals surface area contributed by atoms with Crippen molar-refractivity contribution in [2.45, 2.75) is 26.3 Å². The van der Waals surface area contributed by atoms with E-state index in [0.29, 0.717) is 5.57 Å². The number of nitrogens with zero attached hydrogens (tertiary/aromatic N) is 1. The van der Waals surface area contributed by atoms with Crippen molar-refractivity contribution in [3.8, 4) is 0 Å². The first kappa shape index (κ1) is 16.4. The van der Waals surface area contributed by atoms with E-state index < -0.39 is 16.9 Å². The molecule has 0 radical (unpaired) electrons. The van der Waals surface area contributed by atoms with Crippen LogP contribution in [0, 0.1) is 10.1 Å². The van der Waals surface area contributed by atoms with Crippen LogP contribution in [-0.4, -0.2) is 23.5 Å². The minimum absolute atomic E-state index is 0.0435. The zero-order valence-electron chi connectivity index (χ0n) is 11.3. The summed E-state index contributed by atoms with van der Waals surface area (Å²) in [5.41, 5.74) is 1.10. The van der Waals surface area contributed by atoms with E-state index in [0.717, 1.165) is 10.0 Å². The van der Waals surface area contributed by atoms with Crippen LogP contribution < -0.4 is 0 Å². The highest BCUT2D eigenvalue weighted by molar-refractivity contribution is 9.10. The number of carbonyl (C=O) groups excluding carboxylic acids is 1. The lowest BCUT2D eigenvalue weighted by molar-refractivity contribution is -0.517. The van der Waals surface area contributed by atoms with Crippen LogP contribution in [0.5, 0.6) is 0 Å². The minimum atomic E-state index is -0.832. The van der Waals surface area contributed by atoms with Crippen molar-refractivity contribution in [3.63, 3.8) is 0 Å². The van der Waals surface area contributed by atoms with Crippen LogP contribution in [0.3, 0.4) is 0 Å². The van der Waals surface area contributed by atoms with Gasteiger partial charge in [-0.25, -0.2) is 4.79 Å². The Labute approximate surface area is 125 Å². The highest BCUT2D eigenvalue weighted by Crippen LogP contribution is 2.17. The highest BCUT2D eigenvalue weighted by Gasteiger charge is 2.20. The number of esters is 1. The molecule has 0 aliphatic heterocycles. The molecule has 1 aromatic rings. The summed E-state index contributed by atoms with van der Waals surface area (Å²) in [6.45, 7) is 3.41. The van der Waals surface area contributed by atoms with Crippen molar-refractivity contribution < 1.29 is 14.5 Å². The van der Waals surface area contributed by atoms with Gasteiger partial charge in [0.1, 0.15) is 0 Å². The molecule has 20 heavy (non-hydrogen) atoms. The molecule has 6 heteroatoms. The number of rotatable bonds is 6. The van der Waals surface area contributed by atoms with Crippen LogP contribution in [0.15, 0.2) is 34.3 Å². The number of carbonyl (C=O) groups is 1. The zero-order chi connectivity index (χ0) is 15.1. The van der Waals surface area contributed by atoms with E-state index in [2.05, 4.69) is 15.9 Å². The van der Waals surface area contributed by atoms with Gasteiger partial charge < -0.3 is 4.74 Å². The van der Waals surface area contributed by atoms with Crippen molar-refractivity contribution in [1.82, 2.24) is 0 Å². The van der Waals surface area contributed by atoms with E-state index in [9.17, 15) is 14.9 Å². The number of hydrogen-bond donors (Lipinski definition) is 0. The second-order valence-electron chi connectivity index (χ2n) is 4.28. The summed E-state index contributed by atoms with van der Waals surface area (Å²) in [6.07, 6.45) is 1.67. The number of benzene rings is 1. The maximum atomic E-state index is 11.9. The minimum Gasteiger partial charge on any atom is -0.463 e. The van der Waals surface area contributed by atoms with Gasteiger partial charge in [-0.15, -0.1) is 0 Å². The molecule has 0 aliphatic carbocycles. The van der Waals surface area contributed by atoms with Gasteiger partial charge in [-0.1, -0.05) is 28.1 Å². The predicted molar refractivity (Wildman–Crippen MR) is 79.8 cm³/mol. The van der Waals surface area contributed by atoms with Crippen LogP contribution in [0.25, 0.3) is 6.08 Å². The molecule has 108 valence electrons. The third kappa shape index (κ3) is 5.13. The van der Waals surface area contributed by atoms with Gasteiger partial charge in [-0.2, -0.15) is 0 Å². The number of halogens is 1. The maximum Gasteiger partial charge on any atom is 0.334 e. The Morgan fingerprint density at radius 3 is 2.55 bits per heavy atom. The highest BCUT2D eigenvalue weighted by atomic mass is 79.9. The molecule has 0 saturated carbocycles. The lowest BCUT2D eigenvalue weighted by Crippen LogP contribution is -2.19. The fourth-order valence-electron chi connectivity index (χ4n) is 1.58. The van der Waals surface area contributed by atoms with Gasteiger partial charge >= 0.3 is 5.97 Å². The van der Waals surface area contributed by atoms with Gasteiger partial charge in [-0.05, 0) is 30.7 Å². The summed E-state index contributed by atoms with van der Waals surface area (Å²) in [5.74, 6) is -0.510. The first-order valence-corrected chi connectivity index (χ1v) is 7.00.